The number of nitrogens with two attached hydrogens (primary N) is 1. The predicted octanol–water partition coefficient (Wildman–Crippen LogP) is -0.115. The quantitative estimate of drug-likeness (QED) is 0.480. The molecule has 0 radical (unpaired) electrons. The third kappa shape index (κ3) is 1.48. The molecule has 0 saturated carbocycles. The molecule has 0 amide bonds. The number of hydrogen-bond acceptors (Lipinski definition) is 3. The molecule has 0 spiro atoms. The number of rotatable bonds is 0. The van der Waals surface area contributed by atoms with Crippen LogP contribution in [0.15, 0.2) is 0 Å². The fourth-order valence-corrected chi connectivity index (χ4v) is 1.33. The molecule has 1 saturated heterocycles. The zero-order chi connectivity index (χ0) is 7.72. The first-order valence-corrected chi connectivity index (χ1v) is 3.83. The monoisotopic (exact) mass is 143 g/mol. The smallest absolute Gasteiger partial charge is 0.0340 e. The number of hydrogen-bond donors (Lipinski definition) is 1. The molecular formula is C7H17N3. The maximum Gasteiger partial charge on any atom is 0.0340 e. The molecule has 1 fully saturated rings. The van der Waals surface area contributed by atoms with E-state index in [1.165, 1.54) is 0 Å². The maximum absolute atomic E-state index is 5.74. The molecular weight excluding hydrogens is 126 g/mol. The highest BCUT2D eigenvalue weighted by molar-refractivity contribution is 4.78. The van der Waals surface area contributed by atoms with Gasteiger partial charge in [0.05, 0.1) is 0 Å². The van der Waals surface area contributed by atoms with E-state index in [4.69, 9.17) is 5.84 Å². The highest BCUT2D eigenvalue weighted by Gasteiger charge is 2.23. The summed E-state index contributed by atoms with van der Waals surface area (Å²) in [6.07, 6.45) is 0. The highest BCUT2D eigenvalue weighted by atomic mass is 15.5. The average molecular weight is 143 g/mol. The zero-order valence-electron chi connectivity index (χ0n) is 7.04. The van der Waals surface area contributed by atoms with Crippen molar-refractivity contribution in [2.24, 2.45) is 5.84 Å². The highest BCUT2D eigenvalue weighted by Crippen LogP contribution is 2.08. The molecule has 2 N–H and O–H groups in total. The summed E-state index contributed by atoms with van der Waals surface area (Å²) >= 11 is 0. The standard InChI is InChI=1S/C7H17N3/c1-6-5-10(8)7(2)4-9(6)3/h6-7H,4-5,8H2,1-3H3/t6-,7+/m0/s1. The van der Waals surface area contributed by atoms with E-state index in [0.717, 1.165) is 13.1 Å². The van der Waals surface area contributed by atoms with Crippen molar-refractivity contribution < 1.29 is 0 Å². The summed E-state index contributed by atoms with van der Waals surface area (Å²) in [4.78, 5) is 2.34. The third-order valence-electron chi connectivity index (χ3n) is 2.35. The van der Waals surface area contributed by atoms with Gasteiger partial charge in [-0.25, -0.2) is 5.01 Å². The second kappa shape index (κ2) is 2.86. The van der Waals surface area contributed by atoms with Crippen LogP contribution in [0.3, 0.4) is 0 Å². The Morgan fingerprint density at radius 2 is 1.80 bits per heavy atom. The first-order chi connectivity index (χ1) is 4.61. The van der Waals surface area contributed by atoms with Crippen molar-refractivity contribution in [1.82, 2.24) is 9.91 Å². The van der Waals surface area contributed by atoms with Gasteiger partial charge in [-0.1, -0.05) is 0 Å². The normalized spacial score (nSPS) is 38.4. The van der Waals surface area contributed by atoms with E-state index in [1.54, 1.807) is 0 Å². The molecule has 1 aliphatic rings. The summed E-state index contributed by atoms with van der Waals surface area (Å²) in [5, 5.41) is 1.92. The van der Waals surface area contributed by atoms with Gasteiger partial charge in [0.1, 0.15) is 0 Å². The lowest BCUT2D eigenvalue weighted by atomic mass is 10.1. The molecule has 0 aromatic carbocycles. The maximum atomic E-state index is 5.74. The Morgan fingerprint density at radius 1 is 1.20 bits per heavy atom. The molecule has 10 heavy (non-hydrogen) atoms. The Kier molecular flexibility index (Phi) is 2.28. The van der Waals surface area contributed by atoms with Crippen LogP contribution in [-0.2, 0) is 0 Å². The van der Waals surface area contributed by atoms with Gasteiger partial charge in [-0.05, 0) is 20.9 Å². The van der Waals surface area contributed by atoms with Gasteiger partial charge >= 0.3 is 0 Å². The van der Waals surface area contributed by atoms with Gasteiger partial charge in [0, 0.05) is 25.2 Å². The van der Waals surface area contributed by atoms with Gasteiger partial charge in [-0.3, -0.25) is 5.84 Å². The molecule has 3 nitrogen and oxygen atoms in total. The predicted molar refractivity (Wildman–Crippen MR) is 42.4 cm³/mol. The topological polar surface area (TPSA) is 32.5 Å². The van der Waals surface area contributed by atoms with Crippen LogP contribution in [0.2, 0.25) is 0 Å². The van der Waals surface area contributed by atoms with Crippen LogP contribution in [-0.4, -0.2) is 42.1 Å². The Morgan fingerprint density at radius 3 is 2.30 bits per heavy atom. The molecule has 1 rings (SSSR count). The molecule has 1 aliphatic heterocycles. The Bertz CT molecular complexity index is 89.4. The van der Waals surface area contributed by atoms with E-state index >= 15 is 0 Å². The van der Waals surface area contributed by atoms with E-state index in [0.29, 0.717) is 12.1 Å². The number of likely N-dealkylation sites (N-methyl/N-ethyl adjacent to an activating group) is 1. The second-order valence-electron chi connectivity index (χ2n) is 3.33. The summed E-state index contributed by atoms with van der Waals surface area (Å²) in [5.74, 6) is 5.74. The first-order valence-electron chi connectivity index (χ1n) is 3.83. The minimum atomic E-state index is 0.501. The zero-order valence-corrected chi connectivity index (χ0v) is 7.04. The lowest BCUT2D eigenvalue weighted by Gasteiger charge is -2.39. The molecule has 0 aliphatic carbocycles. The number of nitrogens with zero attached hydrogens (tertiary/aromatic N) is 2. The fourth-order valence-electron chi connectivity index (χ4n) is 1.33. The van der Waals surface area contributed by atoms with Crippen molar-refractivity contribution in [2.75, 3.05) is 20.1 Å². The second-order valence-corrected chi connectivity index (χ2v) is 3.33. The van der Waals surface area contributed by atoms with E-state index in [-0.39, 0.29) is 0 Å². The largest absolute Gasteiger partial charge is 0.301 e. The van der Waals surface area contributed by atoms with E-state index < -0.39 is 0 Å². The summed E-state index contributed by atoms with van der Waals surface area (Å²) in [6, 6.07) is 1.10. The first kappa shape index (κ1) is 7.98. The minimum absolute atomic E-state index is 0.501. The van der Waals surface area contributed by atoms with E-state index in [2.05, 4.69) is 25.8 Å². The van der Waals surface area contributed by atoms with Gasteiger partial charge in [0.15, 0.2) is 0 Å². The molecule has 0 aromatic rings. The van der Waals surface area contributed by atoms with Crippen LogP contribution in [0.1, 0.15) is 13.8 Å². The Labute approximate surface area is 62.8 Å². The number of piperazine rings is 1. The van der Waals surface area contributed by atoms with Crippen LogP contribution in [0.5, 0.6) is 0 Å². The molecule has 0 aromatic heterocycles. The summed E-state index contributed by atoms with van der Waals surface area (Å²) in [6.45, 7) is 6.42. The summed E-state index contributed by atoms with van der Waals surface area (Å²) in [7, 11) is 2.15. The van der Waals surface area contributed by atoms with E-state index in [9.17, 15) is 0 Å². The average Bonchev–Trinajstić information content (AvgIpc) is 1.84. The molecule has 2 atom stereocenters. The van der Waals surface area contributed by atoms with Gasteiger partial charge < -0.3 is 4.90 Å². The van der Waals surface area contributed by atoms with Crippen LogP contribution in [0.4, 0.5) is 0 Å². The Balaban J connectivity index is 2.46. The van der Waals surface area contributed by atoms with Gasteiger partial charge in [0.25, 0.3) is 0 Å². The van der Waals surface area contributed by atoms with Crippen LogP contribution in [0.25, 0.3) is 0 Å². The lowest BCUT2D eigenvalue weighted by molar-refractivity contribution is 0.0603. The summed E-state index contributed by atoms with van der Waals surface area (Å²) < 4.78 is 0. The van der Waals surface area contributed by atoms with Gasteiger partial charge in [0.2, 0.25) is 0 Å². The van der Waals surface area contributed by atoms with Crippen LogP contribution < -0.4 is 5.84 Å². The number of hydrazine groups is 1. The fraction of sp³-hybridized carbons (Fsp3) is 1.00. The van der Waals surface area contributed by atoms with Crippen molar-refractivity contribution in [3.05, 3.63) is 0 Å². The van der Waals surface area contributed by atoms with Crippen molar-refractivity contribution in [3.8, 4) is 0 Å². The molecule has 1 heterocycles. The van der Waals surface area contributed by atoms with Crippen LogP contribution in [0, 0.1) is 0 Å². The molecule has 60 valence electrons. The minimum Gasteiger partial charge on any atom is -0.301 e. The Hall–Kier alpha value is -0.120. The van der Waals surface area contributed by atoms with Crippen molar-refractivity contribution in [3.63, 3.8) is 0 Å². The van der Waals surface area contributed by atoms with Crippen LogP contribution >= 0.6 is 0 Å². The lowest BCUT2D eigenvalue weighted by Crippen LogP contribution is -2.57. The third-order valence-corrected chi connectivity index (χ3v) is 2.35. The SMILES string of the molecule is C[C@@H]1CN(C)[C@@H](C)CN1N. The van der Waals surface area contributed by atoms with Crippen molar-refractivity contribution in [1.29, 1.82) is 0 Å². The van der Waals surface area contributed by atoms with Gasteiger partial charge in [-0.15, -0.1) is 0 Å². The van der Waals surface area contributed by atoms with Crippen molar-refractivity contribution >= 4 is 0 Å². The molecule has 3 heteroatoms. The molecule has 0 unspecified atom stereocenters. The van der Waals surface area contributed by atoms with Gasteiger partial charge in [-0.2, -0.15) is 0 Å². The van der Waals surface area contributed by atoms with Crippen molar-refractivity contribution in [2.45, 2.75) is 25.9 Å². The van der Waals surface area contributed by atoms with E-state index in [1.807, 2.05) is 5.01 Å². The molecule has 0 bridgehead atoms. The summed E-state index contributed by atoms with van der Waals surface area (Å²) in [5.41, 5.74) is 0.